The quantitative estimate of drug-likeness (QED) is 0.684. The van der Waals surface area contributed by atoms with Crippen LogP contribution in [0.1, 0.15) is 15.9 Å². The van der Waals surface area contributed by atoms with Gasteiger partial charge in [-0.1, -0.05) is 6.07 Å². The number of hydrogen-bond acceptors (Lipinski definition) is 4. The maximum Gasteiger partial charge on any atom is 0.253 e. The molecule has 0 bridgehead atoms. The highest BCUT2D eigenvalue weighted by molar-refractivity contribution is 5.94. The summed E-state index contributed by atoms with van der Waals surface area (Å²) in [7, 11) is 4.97. The normalized spacial score (nSPS) is 10.4. The molecule has 6 heteroatoms. The molecule has 0 atom stereocenters. The van der Waals surface area contributed by atoms with Crippen LogP contribution in [0.25, 0.3) is 5.69 Å². The van der Waals surface area contributed by atoms with Gasteiger partial charge in [0.05, 0.1) is 19.9 Å². The molecule has 1 heterocycles. The van der Waals surface area contributed by atoms with Gasteiger partial charge in [-0.3, -0.25) is 4.79 Å². The zero-order chi connectivity index (χ0) is 18.5. The molecule has 3 rings (SSSR count). The van der Waals surface area contributed by atoms with Crippen LogP contribution in [0, 0.1) is 0 Å². The minimum Gasteiger partial charge on any atom is -0.493 e. The lowest BCUT2D eigenvalue weighted by Gasteiger charge is -2.18. The summed E-state index contributed by atoms with van der Waals surface area (Å²) < 4.78 is 12.3. The lowest BCUT2D eigenvalue weighted by Crippen LogP contribution is -2.26. The van der Waals surface area contributed by atoms with Gasteiger partial charge in [0.25, 0.3) is 5.91 Å². The zero-order valence-corrected chi connectivity index (χ0v) is 15.0. The molecule has 0 saturated heterocycles. The van der Waals surface area contributed by atoms with Crippen LogP contribution in [0.5, 0.6) is 11.5 Å². The summed E-state index contributed by atoms with van der Waals surface area (Å²) in [6, 6.07) is 14.9. The molecule has 2 aromatic carbocycles. The Hall–Kier alpha value is -3.28. The highest BCUT2D eigenvalue weighted by Gasteiger charge is 2.13. The van der Waals surface area contributed by atoms with E-state index in [0.29, 0.717) is 23.6 Å². The molecular weight excluding hydrogens is 330 g/mol. The molecule has 0 radical (unpaired) electrons. The number of carbonyl (C=O) groups is 1. The van der Waals surface area contributed by atoms with Crippen LogP contribution in [0.2, 0.25) is 0 Å². The van der Waals surface area contributed by atoms with Crippen molar-refractivity contribution in [3.8, 4) is 17.2 Å². The van der Waals surface area contributed by atoms with Crippen molar-refractivity contribution in [2.24, 2.45) is 0 Å². The molecule has 134 valence electrons. The molecule has 3 aromatic rings. The van der Waals surface area contributed by atoms with Crippen molar-refractivity contribution in [2.45, 2.75) is 6.54 Å². The van der Waals surface area contributed by atoms with Crippen molar-refractivity contribution >= 4 is 5.91 Å². The zero-order valence-electron chi connectivity index (χ0n) is 15.0. The third-order valence-electron chi connectivity index (χ3n) is 4.10. The van der Waals surface area contributed by atoms with E-state index in [1.54, 1.807) is 37.0 Å². The molecule has 0 spiro atoms. The third-order valence-corrected chi connectivity index (χ3v) is 4.10. The minimum absolute atomic E-state index is 0.0493. The van der Waals surface area contributed by atoms with Crippen molar-refractivity contribution < 1.29 is 14.3 Å². The summed E-state index contributed by atoms with van der Waals surface area (Å²) in [5.74, 6) is 1.26. The van der Waals surface area contributed by atoms with Crippen LogP contribution in [0.3, 0.4) is 0 Å². The van der Waals surface area contributed by atoms with Gasteiger partial charge in [-0.05, 0) is 48.0 Å². The van der Waals surface area contributed by atoms with Crippen LogP contribution in [-0.4, -0.2) is 41.9 Å². The predicted octanol–water partition coefficient (Wildman–Crippen LogP) is 3.16. The average molecular weight is 351 g/mol. The second kappa shape index (κ2) is 7.74. The highest BCUT2D eigenvalue weighted by Crippen LogP contribution is 2.28. The fraction of sp³-hybridized carbons (Fsp3) is 0.200. The van der Waals surface area contributed by atoms with Crippen molar-refractivity contribution in [3.05, 3.63) is 72.1 Å². The van der Waals surface area contributed by atoms with E-state index in [1.165, 1.54) is 0 Å². The van der Waals surface area contributed by atoms with Crippen molar-refractivity contribution in [3.63, 3.8) is 0 Å². The molecule has 0 unspecified atom stereocenters. The Morgan fingerprint density at radius 1 is 1.08 bits per heavy atom. The fourth-order valence-corrected chi connectivity index (χ4v) is 2.72. The van der Waals surface area contributed by atoms with E-state index < -0.39 is 0 Å². The van der Waals surface area contributed by atoms with Crippen LogP contribution >= 0.6 is 0 Å². The second-order valence-electron chi connectivity index (χ2n) is 5.85. The molecule has 0 aliphatic carbocycles. The van der Waals surface area contributed by atoms with Crippen molar-refractivity contribution in [1.29, 1.82) is 0 Å². The van der Waals surface area contributed by atoms with E-state index in [4.69, 9.17) is 9.47 Å². The lowest BCUT2D eigenvalue weighted by atomic mass is 10.1. The number of aromatic nitrogens is 2. The first-order valence-electron chi connectivity index (χ1n) is 8.19. The number of nitrogens with zero attached hydrogens (tertiary/aromatic N) is 3. The second-order valence-corrected chi connectivity index (χ2v) is 5.85. The summed E-state index contributed by atoms with van der Waals surface area (Å²) in [5, 5.41) is 4.18. The first-order chi connectivity index (χ1) is 12.6. The molecule has 0 fully saturated rings. The molecule has 6 nitrogen and oxygen atoms in total. The van der Waals surface area contributed by atoms with Gasteiger partial charge in [-0.15, -0.1) is 0 Å². The molecule has 0 saturated carbocycles. The number of rotatable bonds is 6. The van der Waals surface area contributed by atoms with Crippen LogP contribution in [-0.2, 0) is 6.54 Å². The number of benzene rings is 2. The van der Waals surface area contributed by atoms with Crippen LogP contribution in [0.4, 0.5) is 0 Å². The molecule has 0 N–H and O–H groups in total. The number of hydrogen-bond donors (Lipinski definition) is 0. The first kappa shape index (κ1) is 17.5. The molecular formula is C20H21N3O3. The Balaban J connectivity index is 1.71. The highest BCUT2D eigenvalue weighted by atomic mass is 16.5. The predicted molar refractivity (Wildman–Crippen MR) is 98.9 cm³/mol. The van der Waals surface area contributed by atoms with Gasteiger partial charge in [0.15, 0.2) is 11.5 Å². The smallest absolute Gasteiger partial charge is 0.253 e. The summed E-state index contributed by atoms with van der Waals surface area (Å²) >= 11 is 0. The van der Waals surface area contributed by atoms with Gasteiger partial charge < -0.3 is 14.4 Å². The number of methoxy groups -OCH3 is 2. The van der Waals surface area contributed by atoms with Gasteiger partial charge in [-0.25, -0.2) is 4.68 Å². The van der Waals surface area contributed by atoms with E-state index >= 15 is 0 Å². The van der Waals surface area contributed by atoms with Crippen LogP contribution in [0.15, 0.2) is 60.9 Å². The maximum atomic E-state index is 12.7. The van der Waals surface area contributed by atoms with Crippen molar-refractivity contribution in [2.75, 3.05) is 21.3 Å². The Morgan fingerprint density at radius 2 is 1.81 bits per heavy atom. The largest absolute Gasteiger partial charge is 0.493 e. The first-order valence-corrected chi connectivity index (χ1v) is 8.19. The average Bonchev–Trinajstić information content (AvgIpc) is 3.22. The third kappa shape index (κ3) is 3.69. The lowest BCUT2D eigenvalue weighted by molar-refractivity contribution is 0.0785. The van der Waals surface area contributed by atoms with Crippen LogP contribution < -0.4 is 9.47 Å². The standard InChI is InChI=1S/C20H21N3O3/c1-22(14-15-5-10-18(25-2)19(13-15)26-3)20(24)16-6-8-17(9-7-16)23-12-4-11-21-23/h4-13H,14H2,1-3H3. The van der Waals surface area contributed by atoms with Gasteiger partial charge in [-0.2, -0.15) is 5.10 Å². The van der Waals surface area contributed by atoms with Gasteiger partial charge in [0, 0.05) is 31.5 Å². The summed E-state index contributed by atoms with van der Waals surface area (Å²) in [4.78, 5) is 14.3. The molecule has 1 amide bonds. The van der Waals surface area contributed by atoms with E-state index in [9.17, 15) is 4.79 Å². The number of amides is 1. The molecule has 0 aliphatic heterocycles. The number of ether oxygens (including phenoxy) is 2. The summed E-state index contributed by atoms with van der Waals surface area (Å²) in [6.45, 7) is 0.472. The molecule has 26 heavy (non-hydrogen) atoms. The van der Waals surface area contributed by atoms with Crippen molar-refractivity contribution in [1.82, 2.24) is 14.7 Å². The Labute approximate surface area is 152 Å². The monoisotopic (exact) mass is 351 g/mol. The topological polar surface area (TPSA) is 56.6 Å². The minimum atomic E-state index is -0.0493. The fourth-order valence-electron chi connectivity index (χ4n) is 2.72. The molecule has 0 aliphatic rings. The Bertz CT molecular complexity index is 874. The van der Waals surface area contributed by atoms with Gasteiger partial charge in [0.1, 0.15) is 0 Å². The van der Waals surface area contributed by atoms with Gasteiger partial charge >= 0.3 is 0 Å². The van der Waals surface area contributed by atoms with E-state index in [0.717, 1.165) is 11.3 Å². The summed E-state index contributed by atoms with van der Waals surface area (Å²) in [5.41, 5.74) is 2.50. The Kier molecular flexibility index (Phi) is 5.22. The van der Waals surface area contributed by atoms with E-state index in [1.807, 2.05) is 54.7 Å². The van der Waals surface area contributed by atoms with E-state index in [2.05, 4.69) is 5.10 Å². The maximum absolute atomic E-state index is 12.7. The van der Waals surface area contributed by atoms with Gasteiger partial charge in [0.2, 0.25) is 0 Å². The number of carbonyl (C=O) groups excluding carboxylic acids is 1. The van der Waals surface area contributed by atoms with E-state index in [-0.39, 0.29) is 5.91 Å². The summed E-state index contributed by atoms with van der Waals surface area (Å²) in [6.07, 6.45) is 3.58. The molecule has 1 aromatic heterocycles. The SMILES string of the molecule is COc1ccc(CN(C)C(=O)c2ccc(-n3cccn3)cc2)cc1OC. The Morgan fingerprint density at radius 3 is 2.42 bits per heavy atom.